The molecule has 4 nitrogen and oxygen atoms in total. The van der Waals surface area contributed by atoms with E-state index in [1.807, 2.05) is 24.0 Å². The van der Waals surface area contributed by atoms with Gasteiger partial charge in [-0.25, -0.2) is 0 Å². The van der Waals surface area contributed by atoms with Gasteiger partial charge in [-0.2, -0.15) is 0 Å². The van der Waals surface area contributed by atoms with Crippen LogP contribution in [0.2, 0.25) is 10.0 Å². The summed E-state index contributed by atoms with van der Waals surface area (Å²) in [6.45, 7) is 4.01. The van der Waals surface area contributed by atoms with Crippen molar-refractivity contribution in [3.63, 3.8) is 0 Å². The number of hydrogen-bond acceptors (Lipinski definition) is 3. The van der Waals surface area contributed by atoms with Crippen LogP contribution < -0.4 is 0 Å². The van der Waals surface area contributed by atoms with Crippen LogP contribution in [-0.4, -0.2) is 36.9 Å². The van der Waals surface area contributed by atoms with E-state index in [0.29, 0.717) is 29.8 Å². The maximum Gasteiger partial charge on any atom is 0.228 e. The smallest absolute Gasteiger partial charge is 0.228 e. The SMILES string of the molecule is C[C@@H]1c2cc(Cl)c(Cl)cc2CCN1C(=O)CC1OCCCO1. The first kappa shape index (κ1) is 16.1. The van der Waals surface area contributed by atoms with Crippen molar-refractivity contribution >= 4 is 29.1 Å². The molecular formula is C16H19Cl2NO3. The van der Waals surface area contributed by atoms with E-state index >= 15 is 0 Å². The van der Waals surface area contributed by atoms with Gasteiger partial charge in [0.2, 0.25) is 5.91 Å². The van der Waals surface area contributed by atoms with E-state index < -0.39 is 6.29 Å². The summed E-state index contributed by atoms with van der Waals surface area (Å²) in [5.74, 6) is 0.0520. The Hall–Kier alpha value is -0.810. The summed E-state index contributed by atoms with van der Waals surface area (Å²) in [4.78, 5) is 14.4. The molecule has 0 aromatic heterocycles. The molecule has 6 heteroatoms. The van der Waals surface area contributed by atoms with Crippen LogP contribution in [0.1, 0.15) is 36.9 Å². The van der Waals surface area contributed by atoms with Crippen molar-refractivity contribution in [2.75, 3.05) is 19.8 Å². The highest BCUT2D eigenvalue weighted by Gasteiger charge is 2.30. The van der Waals surface area contributed by atoms with Gasteiger partial charge >= 0.3 is 0 Å². The van der Waals surface area contributed by atoms with Crippen molar-refractivity contribution in [1.29, 1.82) is 0 Å². The minimum absolute atomic E-state index is 0.0189. The van der Waals surface area contributed by atoms with Gasteiger partial charge in [-0.1, -0.05) is 23.2 Å². The number of carbonyl (C=O) groups is 1. The Balaban J connectivity index is 1.72. The van der Waals surface area contributed by atoms with Gasteiger partial charge in [-0.15, -0.1) is 0 Å². The molecule has 0 unspecified atom stereocenters. The maximum absolute atomic E-state index is 12.5. The van der Waals surface area contributed by atoms with Crippen molar-refractivity contribution in [3.8, 4) is 0 Å². The Labute approximate surface area is 140 Å². The monoisotopic (exact) mass is 343 g/mol. The molecule has 0 radical (unpaired) electrons. The van der Waals surface area contributed by atoms with Gasteiger partial charge < -0.3 is 14.4 Å². The van der Waals surface area contributed by atoms with Crippen LogP contribution >= 0.6 is 23.2 Å². The molecule has 0 spiro atoms. The highest BCUT2D eigenvalue weighted by molar-refractivity contribution is 6.42. The Bertz CT molecular complexity index is 573. The zero-order chi connectivity index (χ0) is 15.7. The molecule has 1 fully saturated rings. The van der Waals surface area contributed by atoms with Crippen LogP contribution in [0.15, 0.2) is 12.1 Å². The quantitative estimate of drug-likeness (QED) is 0.823. The highest BCUT2D eigenvalue weighted by Crippen LogP contribution is 2.35. The third kappa shape index (κ3) is 3.25. The standard InChI is InChI=1S/C16H19Cl2NO3/c1-10-12-8-14(18)13(17)7-11(12)3-4-19(10)15(20)9-16-21-5-2-6-22-16/h7-8,10,16H,2-6,9H2,1H3/t10-/m1/s1. The summed E-state index contributed by atoms with van der Waals surface area (Å²) in [7, 11) is 0. The van der Waals surface area contributed by atoms with Gasteiger partial charge in [0, 0.05) is 6.54 Å². The van der Waals surface area contributed by atoms with Crippen molar-refractivity contribution in [3.05, 3.63) is 33.3 Å². The molecule has 0 bridgehead atoms. The number of hydrogen-bond donors (Lipinski definition) is 0. The predicted molar refractivity (Wildman–Crippen MR) is 85.2 cm³/mol. The van der Waals surface area contributed by atoms with E-state index in [4.69, 9.17) is 32.7 Å². The number of amides is 1. The van der Waals surface area contributed by atoms with E-state index in [9.17, 15) is 4.79 Å². The largest absolute Gasteiger partial charge is 0.352 e. The average molecular weight is 344 g/mol. The van der Waals surface area contributed by atoms with Gasteiger partial charge in [0.25, 0.3) is 0 Å². The number of nitrogens with zero attached hydrogens (tertiary/aromatic N) is 1. The summed E-state index contributed by atoms with van der Waals surface area (Å²) in [5.41, 5.74) is 2.23. The number of fused-ring (bicyclic) bond motifs is 1. The summed E-state index contributed by atoms with van der Waals surface area (Å²) >= 11 is 12.2. The molecule has 0 saturated carbocycles. The van der Waals surface area contributed by atoms with E-state index in [-0.39, 0.29) is 18.4 Å². The minimum Gasteiger partial charge on any atom is -0.352 e. The highest BCUT2D eigenvalue weighted by atomic mass is 35.5. The Morgan fingerprint density at radius 2 is 1.95 bits per heavy atom. The zero-order valence-electron chi connectivity index (χ0n) is 12.5. The summed E-state index contributed by atoms with van der Waals surface area (Å²) < 4.78 is 10.9. The minimum atomic E-state index is -0.413. The molecule has 0 N–H and O–H groups in total. The number of benzene rings is 1. The van der Waals surface area contributed by atoms with E-state index in [0.717, 1.165) is 24.0 Å². The maximum atomic E-state index is 12.5. The van der Waals surface area contributed by atoms with Crippen molar-refractivity contribution < 1.29 is 14.3 Å². The Kier molecular flexibility index (Phi) is 4.93. The van der Waals surface area contributed by atoms with Crippen LogP contribution in [0.3, 0.4) is 0 Å². The van der Waals surface area contributed by atoms with Gasteiger partial charge in [-0.05, 0) is 43.0 Å². The van der Waals surface area contributed by atoms with Crippen LogP contribution in [0.25, 0.3) is 0 Å². The van der Waals surface area contributed by atoms with Gasteiger partial charge in [0.15, 0.2) is 6.29 Å². The average Bonchev–Trinajstić information content (AvgIpc) is 2.50. The van der Waals surface area contributed by atoms with Crippen LogP contribution in [-0.2, 0) is 20.7 Å². The lowest BCUT2D eigenvalue weighted by atomic mass is 9.93. The predicted octanol–water partition coefficient (Wildman–Crippen LogP) is 3.59. The third-order valence-corrected chi connectivity index (χ3v) is 5.00. The van der Waals surface area contributed by atoms with Gasteiger partial charge in [-0.3, -0.25) is 4.79 Å². The molecule has 3 rings (SSSR count). The lowest BCUT2D eigenvalue weighted by molar-refractivity contribution is -0.187. The Morgan fingerprint density at radius 1 is 1.27 bits per heavy atom. The molecule has 2 heterocycles. The van der Waals surface area contributed by atoms with Crippen LogP contribution in [0, 0.1) is 0 Å². The fraction of sp³-hybridized carbons (Fsp3) is 0.562. The van der Waals surface area contributed by atoms with Crippen LogP contribution in [0.5, 0.6) is 0 Å². The fourth-order valence-electron chi connectivity index (χ4n) is 3.07. The topological polar surface area (TPSA) is 38.8 Å². The first-order chi connectivity index (χ1) is 10.6. The number of carbonyl (C=O) groups excluding carboxylic acids is 1. The molecule has 1 aromatic carbocycles. The normalized spacial score (nSPS) is 22.5. The molecule has 120 valence electrons. The molecule has 1 aromatic rings. The first-order valence-electron chi connectivity index (χ1n) is 7.56. The first-order valence-corrected chi connectivity index (χ1v) is 8.32. The second-order valence-corrected chi connectivity index (χ2v) is 6.52. The lowest BCUT2D eigenvalue weighted by Crippen LogP contribution is -2.41. The molecule has 2 aliphatic heterocycles. The molecular weight excluding hydrogens is 325 g/mol. The molecule has 2 aliphatic rings. The fourth-order valence-corrected chi connectivity index (χ4v) is 3.42. The summed E-state index contributed by atoms with van der Waals surface area (Å²) in [6.07, 6.45) is 1.52. The van der Waals surface area contributed by atoms with Crippen LogP contribution in [0.4, 0.5) is 0 Å². The van der Waals surface area contributed by atoms with Crippen molar-refractivity contribution in [2.24, 2.45) is 0 Å². The number of rotatable bonds is 2. The van der Waals surface area contributed by atoms with Crippen molar-refractivity contribution in [2.45, 2.75) is 38.5 Å². The zero-order valence-corrected chi connectivity index (χ0v) is 14.0. The second kappa shape index (κ2) is 6.75. The molecule has 1 saturated heterocycles. The number of halogens is 2. The van der Waals surface area contributed by atoms with E-state index in [1.54, 1.807) is 0 Å². The summed E-state index contributed by atoms with van der Waals surface area (Å²) in [6, 6.07) is 3.76. The van der Waals surface area contributed by atoms with Gasteiger partial charge in [0.1, 0.15) is 0 Å². The van der Waals surface area contributed by atoms with Crippen molar-refractivity contribution in [1.82, 2.24) is 4.90 Å². The van der Waals surface area contributed by atoms with E-state index in [2.05, 4.69) is 0 Å². The van der Waals surface area contributed by atoms with Gasteiger partial charge in [0.05, 0.1) is 35.7 Å². The Morgan fingerprint density at radius 3 is 2.68 bits per heavy atom. The molecule has 22 heavy (non-hydrogen) atoms. The molecule has 1 amide bonds. The summed E-state index contributed by atoms with van der Waals surface area (Å²) in [5, 5.41) is 1.09. The second-order valence-electron chi connectivity index (χ2n) is 5.71. The molecule has 0 aliphatic carbocycles. The lowest BCUT2D eigenvalue weighted by Gasteiger charge is -2.36. The number of ether oxygens (including phenoxy) is 2. The van der Waals surface area contributed by atoms with E-state index in [1.165, 1.54) is 0 Å². The molecule has 1 atom stereocenters. The third-order valence-electron chi connectivity index (χ3n) is 4.28.